The van der Waals surface area contributed by atoms with Gasteiger partial charge in [-0.3, -0.25) is 0 Å². The van der Waals surface area contributed by atoms with Crippen molar-refractivity contribution in [2.24, 2.45) is 5.73 Å². The lowest BCUT2D eigenvalue weighted by Gasteiger charge is -2.15. The summed E-state index contributed by atoms with van der Waals surface area (Å²) in [6, 6.07) is 2.11. The average Bonchev–Trinajstić information content (AvgIpc) is 2.23. The van der Waals surface area contributed by atoms with Gasteiger partial charge in [0.2, 0.25) is 0 Å². The maximum absolute atomic E-state index is 5.80. The fourth-order valence-electron chi connectivity index (χ4n) is 1.81. The molecule has 1 rings (SSSR count). The fourth-order valence-corrected chi connectivity index (χ4v) is 1.81. The summed E-state index contributed by atoms with van der Waals surface area (Å²) in [5.74, 6) is 0.782. The van der Waals surface area contributed by atoms with Crippen LogP contribution < -0.4 is 5.73 Å². The van der Waals surface area contributed by atoms with Crippen molar-refractivity contribution in [1.29, 1.82) is 0 Å². The Labute approximate surface area is 104 Å². The smallest absolute Gasteiger partial charge is 0.157 e. The van der Waals surface area contributed by atoms with Crippen LogP contribution in [0.1, 0.15) is 50.5 Å². The minimum Gasteiger partial charge on any atom is -0.371 e. The molecule has 1 aromatic rings. The molecule has 4 heteroatoms. The third kappa shape index (κ3) is 4.40. The summed E-state index contributed by atoms with van der Waals surface area (Å²) >= 11 is 0. The highest BCUT2D eigenvalue weighted by atomic mass is 16.5. The number of aryl methyl sites for hydroxylation is 1. The minimum absolute atomic E-state index is 0.00766. The quantitative estimate of drug-likeness (QED) is 0.823. The van der Waals surface area contributed by atoms with E-state index in [1.807, 2.05) is 26.8 Å². The lowest BCUT2D eigenvalue weighted by molar-refractivity contribution is 0.0532. The van der Waals surface area contributed by atoms with Gasteiger partial charge in [0, 0.05) is 30.5 Å². The van der Waals surface area contributed by atoms with Crippen LogP contribution in [-0.2, 0) is 11.2 Å². The molecule has 0 aromatic carbocycles. The first-order valence-corrected chi connectivity index (χ1v) is 6.28. The van der Waals surface area contributed by atoms with Gasteiger partial charge >= 0.3 is 0 Å². The molecule has 0 aliphatic carbocycles. The first kappa shape index (κ1) is 14.1. The van der Waals surface area contributed by atoms with Gasteiger partial charge in [0.1, 0.15) is 6.10 Å². The Balaban J connectivity index is 2.94. The van der Waals surface area contributed by atoms with Gasteiger partial charge in [0.25, 0.3) is 0 Å². The first-order chi connectivity index (χ1) is 8.06. The van der Waals surface area contributed by atoms with Crippen molar-refractivity contribution < 1.29 is 4.74 Å². The molecule has 0 aliphatic rings. The first-order valence-electron chi connectivity index (χ1n) is 6.28. The van der Waals surface area contributed by atoms with Gasteiger partial charge in [-0.1, -0.05) is 6.92 Å². The van der Waals surface area contributed by atoms with Crippen molar-refractivity contribution in [3.63, 3.8) is 0 Å². The number of nitrogens with zero attached hydrogens (tertiary/aromatic N) is 2. The van der Waals surface area contributed by atoms with E-state index < -0.39 is 0 Å². The molecule has 0 bridgehead atoms. The Morgan fingerprint density at radius 1 is 1.35 bits per heavy atom. The normalized spacial score (nSPS) is 14.6. The Morgan fingerprint density at radius 2 is 2.06 bits per heavy atom. The zero-order chi connectivity index (χ0) is 12.8. The van der Waals surface area contributed by atoms with Gasteiger partial charge in [-0.2, -0.15) is 0 Å². The summed E-state index contributed by atoms with van der Waals surface area (Å²) in [5.41, 5.74) is 7.78. The molecule has 4 nitrogen and oxygen atoms in total. The molecule has 96 valence electrons. The van der Waals surface area contributed by atoms with Crippen LogP contribution in [0.15, 0.2) is 6.07 Å². The van der Waals surface area contributed by atoms with Crippen molar-refractivity contribution in [1.82, 2.24) is 9.97 Å². The lowest BCUT2D eigenvalue weighted by Crippen LogP contribution is -2.20. The molecule has 2 N–H and O–H groups in total. The molecule has 0 saturated carbocycles. The third-order valence-corrected chi connectivity index (χ3v) is 2.48. The second-order valence-electron chi connectivity index (χ2n) is 4.39. The summed E-state index contributed by atoms with van der Waals surface area (Å²) in [5, 5.41) is 0. The van der Waals surface area contributed by atoms with Crippen LogP contribution in [0, 0.1) is 6.92 Å². The van der Waals surface area contributed by atoms with Crippen LogP contribution in [0.25, 0.3) is 0 Å². The SMILES string of the molecule is CCOC(CC)c1nc(C)cc(CC(C)N)n1. The Bertz CT molecular complexity index is 353. The second-order valence-corrected chi connectivity index (χ2v) is 4.39. The van der Waals surface area contributed by atoms with Crippen molar-refractivity contribution >= 4 is 0 Å². The van der Waals surface area contributed by atoms with Crippen LogP contribution >= 0.6 is 0 Å². The molecule has 0 aliphatic heterocycles. The van der Waals surface area contributed by atoms with Crippen LogP contribution in [0.4, 0.5) is 0 Å². The van der Waals surface area contributed by atoms with E-state index >= 15 is 0 Å². The van der Waals surface area contributed by atoms with Crippen LogP contribution in [0.5, 0.6) is 0 Å². The molecule has 0 saturated heterocycles. The molecule has 17 heavy (non-hydrogen) atoms. The van der Waals surface area contributed by atoms with E-state index in [1.54, 1.807) is 0 Å². The van der Waals surface area contributed by atoms with Gasteiger partial charge in [-0.25, -0.2) is 9.97 Å². The predicted octanol–water partition coefficient (Wildman–Crippen LogP) is 2.16. The zero-order valence-corrected chi connectivity index (χ0v) is 11.2. The number of aromatic nitrogens is 2. The van der Waals surface area contributed by atoms with Crippen molar-refractivity contribution in [3.8, 4) is 0 Å². The summed E-state index contributed by atoms with van der Waals surface area (Å²) in [6.45, 7) is 8.71. The number of rotatable bonds is 6. The predicted molar refractivity (Wildman–Crippen MR) is 68.8 cm³/mol. The van der Waals surface area contributed by atoms with Crippen LogP contribution in [-0.4, -0.2) is 22.6 Å². The molecule has 0 fully saturated rings. The molecule has 2 unspecified atom stereocenters. The molecule has 2 atom stereocenters. The topological polar surface area (TPSA) is 61.0 Å². The lowest BCUT2D eigenvalue weighted by atomic mass is 10.1. The molecule has 0 radical (unpaired) electrons. The Kier molecular flexibility index (Phi) is 5.51. The van der Waals surface area contributed by atoms with E-state index in [0.29, 0.717) is 6.61 Å². The van der Waals surface area contributed by atoms with E-state index in [9.17, 15) is 0 Å². The van der Waals surface area contributed by atoms with Gasteiger partial charge in [0.05, 0.1) is 0 Å². The molecular formula is C13H23N3O. The van der Waals surface area contributed by atoms with Gasteiger partial charge in [-0.15, -0.1) is 0 Å². The van der Waals surface area contributed by atoms with Crippen molar-refractivity contribution in [2.45, 2.75) is 52.7 Å². The summed E-state index contributed by atoms with van der Waals surface area (Å²) < 4.78 is 5.64. The highest BCUT2D eigenvalue weighted by Gasteiger charge is 2.14. The van der Waals surface area contributed by atoms with E-state index in [0.717, 1.165) is 30.1 Å². The number of hydrogen-bond acceptors (Lipinski definition) is 4. The van der Waals surface area contributed by atoms with Gasteiger partial charge in [0.15, 0.2) is 5.82 Å². The average molecular weight is 237 g/mol. The fraction of sp³-hybridized carbons (Fsp3) is 0.692. The highest BCUT2D eigenvalue weighted by Crippen LogP contribution is 2.18. The molecule has 1 aromatic heterocycles. The van der Waals surface area contributed by atoms with E-state index in [4.69, 9.17) is 10.5 Å². The molecule has 0 spiro atoms. The number of nitrogens with two attached hydrogens (primary N) is 1. The standard InChI is InChI=1S/C13H23N3O/c1-5-12(17-6-2)13-15-10(4)8-11(16-13)7-9(3)14/h8-9,12H,5-7,14H2,1-4H3. The monoisotopic (exact) mass is 237 g/mol. The number of hydrogen-bond donors (Lipinski definition) is 1. The maximum Gasteiger partial charge on any atom is 0.157 e. The maximum atomic E-state index is 5.80. The molecular weight excluding hydrogens is 214 g/mol. The summed E-state index contributed by atoms with van der Waals surface area (Å²) in [6.07, 6.45) is 1.65. The van der Waals surface area contributed by atoms with E-state index in [2.05, 4.69) is 16.9 Å². The van der Waals surface area contributed by atoms with Crippen LogP contribution in [0.2, 0.25) is 0 Å². The third-order valence-electron chi connectivity index (χ3n) is 2.48. The van der Waals surface area contributed by atoms with Gasteiger partial charge < -0.3 is 10.5 Å². The Hall–Kier alpha value is -1.00. The molecule has 0 amide bonds. The summed E-state index contributed by atoms with van der Waals surface area (Å²) in [7, 11) is 0. The molecule has 1 heterocycles. The largest absolute Gasteiger partial charge is 0.371 e. The zero-order valence-electron chi connectivity index (χ0n) is 11.2. The minimum atomic E-state index is -0.00766. The van der Waals surface area contributed by atoms with E-state index in [1.165, 1.54) is 0 Å². The Morgan fingerprint density at radius 3 is 2.59 bits per heavy atom. The highest BCUT2D eigenvalue weighted by molar-refractivity contribution is 5.12. The van der Waals surface area contributed by atoms with E-state index in [-0.39, 0.29) is 12.1 Å². The van der Waals surface area contributed by atoms with Crippen molar-refractivity contribution in [2.75, 3.05) is 6.61 Å². The summed E-state index contributed by atoms with van der Waals surface area (Å²) in [4.78, 5) is 9.00. The van der Waals surface area contributed by atoms with Crippen molar-refractivity contribution in [3.05, 3.63) is 23.3 Å². The number of ether oxygens (including phenoxy) is 1. The second kappa shape index (κ2) is 6.67. The van der Waals surface area contributed by atoms with Gasteiger partial charge in [-0.05, 0) is 33.3 Å². The van der Waals surface area contributed by atoms with Crippen LogP contribution in [0.3, 0.4) is 0 Å².